The van der Waals surface area contributed by atoms with Crippen LogP contribution in [0.25, 0.3) is 0 Å². The average Bonchev–Trinajstić information content (AvgIpc) is 2.87. The van der Waals surface area contributed by atoms with Crippen LogP contribution in [0.4, 0.5) is 0 Å². The average molecular weight is 176 g/mol. The third-order valence-corrected chi connectivity index (χ3v) is 2.72. The lowest BCUT2D eigenvalue weighted by molar-refractivity contribution is -0.136. The van der Waals surface area contributed by atoms with Gasteiger partial charge in [0, 0.05) is 11.5 Å². The molecule has 0 bridgehead atoms. The summed E-state index contributed by atoms with van der Waals surface area (Å²) in [7, 11) is 0. The molecule has 3 nitrogen and oxygen atoms in total. The van der Waals surface area contributed by atoms with Gasteiger partial charge in [-0.2, -0.15) is 0 Å². The molecule has 0 radical (unpaired) electrons. The van der Waals surface area contributed by atoms with Crippen molar-refractivity contribution in [1.82, 2.24) is 0 Å². The zero-order valence-corrected chi connectivity index (χ0v) is 6.86. The van der Waals surface area contributed by atoms with Crippen LogP contribution in [0, 0.1) is 5.92 Å². The molecule has 1 aromatic rings. The van der Waals surface area contributed by atoms with Gasteiger partial charge in [-0.25, -0.2) is 0 Å². The molecule has 1 saturated carbocycles. The number of rotatable bonds is 0. The Morgan fingerprint density at radius 2 is 2.23 bits per heavy atom. The first kappa shape index (κ1) is 6.95. The Bertz CT molecular complexity index is 397. The number of hydrogen-bond donors (Lipinski definition) is 1. The quantitative estimate of drug-likeness (QED) is 0.480. The minimum absolute atomic E-state index is 0.0503. The highest BCUT2D eigenvalue weighted by molar-refractivity contribution is 5.84. The topological polar surface area (TPSA) is 46.5 Å². The van der Waals surface area contributed by atoms with E-state index in [0.717, 1.165) is 12.0 Å². The summed E-state index contributed by atoms with van der Waals surface area (Å²) in [5.41, 5.74) is 0.976. The summed E-state index contributed by atoms with van der Waals surface area (Å²) in [4.78, 5) is 11.2. The van der Waals surface area contributed by atoms with Gasteiger partial charge in [0.15, 0.2) is 11.5 Å². The maximum absolute atomic E-state index is 11.2. The van der Waals surface area contributed by atoms with Gasteiger partial charge in [0.05, 0.1) is 5.92 Å². The highest BCUT2D eigenvalue weighted by Crippen LogP contribution is 2.56. The number of ether oxygens (including phenoxy) is 1. The highest BCUT2D eigenvalue weighted by atomic mass is 16.5. The van der Waals surface area contributed by atoms with E-state index in [1.54, 1.807) is 6.07 Å². The number of aromatic hydroxyl groups is 1. The van der Waals surface area contributed by atoms with Gasteiger partial charge in [0.2, 0.25) is 0 Å². The smallest absolute Gasteiger partial charge is 0.315 e. The highest BCUT2D eigenvalue weighted by Gasteiger charge is 2.50. The van der Waals surface area contributed by atoms with Crippen molar-refractivity contribution in [2.24, 2.45) is 5.92 Å². The van der Waals surface area contributed by atoms with Gasteiger partial charge in [-0.1, -0.05) is 12.1 Å². The third-order valence-electron chi connectivity index (χ3n) is 2.72. The summed E-state index contributed by atoms with van der Waals surface area (Å²) >= 11 is 0. The third kappa shape index (κ3) is 0.813. The van der Waals surface area contributed by atoms with Gasteiger partial charge < -0.3 is 9.84 Å². The normalized spacial score (nSPS) is 28.8. The molecule has 0 aromatic heterocycles. The molecule has 66 valence electrons. The summed E-state index contributed by atoms with van der Waals surface area (Å²) in [5.74, 6) is 0.583. The minimum atomic E-state index is -0.195. The fourth-order valence-electron chi connectivity index (χ4n) is 1.92. The maximum atomic E-state index is 11.2. The molecule has 13 heavy (non-hydrogen) atoms. The second-order valence-corrected chi connectivity index (χ2v) is 3.57. The van der Waals surface area contributed by atoms with E-state index < -0.39 is 0 Å². The lowest BCUT2D eigenvalue weighted by atomic mass is 10.1. The summed E-state index contributed by atoms with van der Waals surface area (Å²) < 4.78 is 5.03. The Kier molecular flexibility index (Phi) is 1.09. The van der Waals surface area contributed by atoms with Gasteiger partial charge in [-0.15, -0.1) is 0 Å². The zero-order valence-electron chi connectivity index (χ0n) is 6.86. The molecule has 0 saturated heterocycles. The molecular formula is C10H8O3. The summed E-state index contributed by atoms with van der Waals surface area (Å²) in [6.07, 6.45) is 0.870. The van der Waals surface area contributed by atoms with Crippen LogP contribution in [-0.2, 0) is 4.79 Å². The van der Waals surface area contributed by atoms with E-state index in [2.05, 4.69) is 0 Å². The zero-order chi connectivity index (χ0) is 9.00. The van der Waals surface area contributed by atoms with Crippen LogP contribution in [0.2, 0.25) is 0 Å². The van der Waals surface area contributed by atoms with E-state index in [1.165, 1.54) is 6.07 Å². The van der Waals surface area contributed by atoms with Crippen LogP contribution in [0.5, 0.6) is 11.5 Å². The van der Waals surface area contributed by atoms with Crippen LogP contribution in [0.15, 0.2) is 18.2 Å². The van der Waals surface area contributed by atoms with Gasteiger partial charge in [-0.3, -0.25) is 4.79 Å². The molecule has 0 spiro atoms. The molecule has 2 aliphatic rings. The second-order valence-electron chi connectivity index (χ2n) is 3.57. The van der Waals surface area contributed by atoms with Crippen molar-refractivity contribution in [3.63, 3.8) is 0 Å². The molecule has 1 N–H and O–H groups in total. The van der Waals surface area contributed by atoms with Gasteiger partial charge in [0.25, 0.3) is 0 Å². The minimum Gasteiger partial charge on any atom is -0.504 e. The van der Waals surface area contributed by atoms with E-state index in [1.807, 2.05) is 6.07 Å². The van der Waals surface area contributed by atoms with Gasteiger partial charge >= 0.3 is 5.97 Å². The lowest BCUT2D eigenvalue weighted by Gasteiger charge is -2.15. The number of esters is 1. The molecule has 1 aliphatic carbocycles. The predicted octanol–water partition coefficient (Wildman–Crippen LogP) is 1.41. The first-order chi connectivity index (χ1) is 6.27. The molecule has 3 heteroatoms. The predicted molar refractivity (Wildman–Crippen MR) is 44.6 cm³/mol. The molecular weight excluding hydrogens is 168 g/mol. The molecule has 1 fully saturated rings. The van der Waals surface area contributed by atoms with Crippen molar-refractivity contribution in [2.75, 3.05) is 0 Å². The number of carbonyl (C=O) groups is 1. The van der Waals surface area contributed by atoms with Crippen LogP contribution in [0.1, 0.15) is 17.9 Å². The van der Waals surface area contributed by atoms with Crippen LogP contribution < -0.4 is 4.74 Å². The summed E-state index contributed by atoms with van der Waals surface area (Å²) in [5, 5.41) is 9.43. The van der Waals surface area contributed by atoms with Crippen LogP contribution in [0.3, 0.4) is 0 Å². The number of phenolic OH excluding ortho intramolecular Hbond substituents is 1. The number of para-hydroxylation sites is 1. The standard InChI is InChI=1S/C10H8O3/c11-8-3-1-2-5-6-4-7(6)10(12)13-9(5)8/h1-3,6-7,11H,4H2. The fourth-order valence-corrected chi connectivity index (χ4v) is 1.92. The first-order valence-electron chi connectivity index (χ1n) is 4.31. The maximum Gasteiger partial charge on any atom is 0.315 e. The van der Waals surface area contributed by atoms with E-state index in [-0.39, 0.29) is 17.6 Å². The van der Waals surface area contributed by atoms with Crippen molar-refractivity contribution < 1.29 is 14.6 Å². The summed E-state index contributed by atoms with van der Waals surface area (Å²) in [6, 6.07) is 5.23. The van der Waals surface area contributed by atoms with E-state index in [0.29, 0.717) is 11.7 Å². The Hall–Kier alpha value is -1.51. The number of phenols is 1. The molecule has 0 amide bonds. The number of fused-ring (bicyclic) bond motifs is 3. The Labute approximate surface area is 74.9 Å². The molecule has 2 unspecified atom stereocenters. The largest absolute Gasteiger partial charge is 0.504 e. The van der Waals surface area contributed by atoms with Crippen molar-refractivity contribution in [3.05, 3.63) is 23.8 Å². The van der Waals surface area contributed by atoms with Gasteiger partial charge in [-0.05, 0) is 12.5 Å². The first-order valence-corrected chi connectivity index (χ1v) is 4.31. The van der Waals surface area contributed by atoms with Gasteiger partial charge in [0.1, 0.15) is 0 Å². The van der Waals surface area contributed by atoms with E-state index in [9.17, 15) is 9.90 Å². The van der Waals surface area contributed by atoms with Crippen LogP contribution in [-0.4, -0.2) is 11.1 Å². The number of carbonyl (C=O) groups excluding carboxylic acids is 1. The number of benzene rings is 1. The van der Waals surface area contributed by atoms with E-state index >= 15 is 0 Å². The monoisotopic (exact) mass is 176 g/mol. The molecule has 1 aliphatic heterocycles. The molecule has 2 atom stereocenters. The van der Waals surface area contributed by atoms with Crippen molar-refractivity contribution in [1.29, 1.82) is 0 Å². The number of hydrogen-bond acceptors (Lipinski definition) is 3. The Morgan fingerprint density at radius 3 is 3.08 bits per heavy atom. The molecule has 3 rings (SSSR count). The second kappa shape index (κ2) is 2.05. The fraction of sp³-hybridized carbons (Fsp3) is 0.300. The molecule has 1 heterocycles. The Morgan fingerprint density at radius 1 is 1.38 bits per heavy atom. The SMILES string of the molecule is O=C1Oc2c(O)cccc2C2CC12. The molecule has 1 aromatic carbocycles. The van der Waals surface area contributed by atoms with Crippen LogP contribution >= 0.6 is 0 Å². The van der Waals surface area contributed by atoms with Crippen molar-refractivity contribution >= 4 is 5.97 Å². The van der Waals surface area contributed by atoms with Crippen molar-refractivity contribution in [3.8, 4) is 11.5 Å². The Balaban J connectivity index is 2.19. The summed E-state index contributed by atoms with van der Waals surface area (Å²) in [6.45, 7) is 0. The van der Waals surface area contributed by atoms with Crippen molar-refractivity contribution in [2.45, 2.75) is 12.3 Å². The lowest BCUT2D eigenvalue weighted by Crippen LogP contribution is -2.16. The van der Waals surface area contributed by atoms with E-state index in [4.69, 9.17) is 4.74 Å².